The van der Waals surface area contributed by atoms with Crippen LogP contribution in [-0.4, -0.2) is 30.3 Å². The zero-order valence-electron chi connectivity index (χ0n) is 10.1. The SMILES string of the molecule is CC(C)CCCNCC(C(N)=NO)C(F)(F)F. The molecule has 1 unspecified atom stereocenters. The lowest BCUT2D eigenvalue weighted by Gasteiger charge is -2.19. The Hall–Kier alpha value is -0.980. The molecule has 0 spiro atoms. The number of halogens is 3. The van der Waals surface area contributed by atoms with Crippen molar-refractivity contribution in [2.24, 2.45) is 22.7 Å². The van der Waals surface area contributed by atoms with Gasteiger partial charge in [-0.25, -0.2) is 0 Å². The lowest BCUT2D eigenvalue weighted by atomic mass is 10.1. The first-order valence-electron chi connectivity index (χ1n) is 5.53. The van der Waals surface area contributed by atoms with Gasteiger partial charge in [0.1, 0.15) is 5.92 Å². The molecule has 4 N–H and O–H groups in total. The fourth-order valence-electron chi connectivity index (χ4n) is 1.34. The third-order valence-corrected chi connectivity index (χ3v) is 2.35. The molecule has 0 saturated heterocycles. The summed E-state index contributed by atoms with van der Waals surface area (Å²) in [4.78, 5) is 0. The Kier molecular flexibility index (Phi) is 6.94. The van der Waals surface area contributed by atoms with E-state index in [0.717, 1.165) is 12.8 Å². The molecule has 0 aliphatic heterocycles. The molecule has 0 aromatic rings. The molecule has 1 atom stereocenters. The van der Waals surface area contributed by atoms with Crippen molar-refractivity contribution < 1.29 is 18.4 Å². The molecule has 0 bridgehead atoms. The third-order valence-electron chi connectivity index (χ3n) is 2.35. The molecule has 0 radical (unpaired) electrons. The number of rotatable bonds is 7. The molecule has 0 aliphatic rings. The third kappa shape index (κ3) is 7.04. The van der Waals surface area contributed by atoms with Crippen LogP contribution in [0.3, 0.4) is 0 Å². The van der Waals surface area contributed by atoms with Gasteiger partial charge in [-0.1, -0.05) is 19.0 Å². The zero-order chi connectivity index (χ0) is 13.5. The molecule has 0 fully saturated rings. The van der Waals surface area contributed by atoms with Crippen molar-refractivity contribution in [3.8, 4) is 0 Å². The van der Waals surface area contributed by atoms with Crippen molar-refractivity contribution in [3.05, 3.63) is 0 Å². The van der Waals surface area contributed by atoms with E-state index in [9.17, 15) is 13.2 Å². The Morgan fingerprint density at radius 3 is 2.41 bits per heavy atom. The highest BCUT2D eigenvalue weighted by Crippen LogP contribution is 2.25. The summed E-state index contributed by atoms with van der Waals surface area (Å²) >= 11 is 0. The van der Waals surface area contributed by atoms with Crippen molar-refractivity contribution in [2.75, 3.05) is 13.1 Å². The fourth-order valence-corrected chi connectivity index (χ4v) is 1.34. The second-order valence-corrected chi connectivity index (χ2v) is 4.36. The highest BCUT2D eigenvalue weighted by molar-refractivity contribution is 5.83. The van der Waals surface area contributed by atoms with E-state index in [4.69, 9.17) is 10.9 Å². The minimum absolute atomic E-state index is 0.364. The Balaban J connectivity index is 4.03. The monoisotopic (exact) mass is 255 g/mol. The topological polar surface area (TPSA) is 70.6 Å². The molecule has 0 amide bonds. The van der Waals surface area contributed by atoms with E-state index in [1.807, 2.05) is 0 Å². The van der Waals surface area contributed by atoms with Crippen LogP contribution in [0.4, 0.5) is 13.2 Å². The van der Waals surface area contributed by atoms with Crippen molar-refractivity contribution in [1.29, 1.82) is 0 Å². The predicted octanol–water partition coefficient (Wildman–Crippen LogP) is 1.94. The first-order chi connectivity index (χ1) is 7.79. The molecule has 0 rings (SSSR count). The van der Waals surface area contributed by atoms with Gasteiger partial charge in [0.15, 0.2) is 5.84 Å². The van der Waals surface area contributed by atoms with Gasteiger partial charge >= 0.3 is 6.18 Å². The maximum atomic E-state index is 12.5. The van der Waals surface area contributed by atoms with Crippen LogP contribution < -0.4 is 11.1 Å². The van der Waals surface area contributed by atoms with Crippen molar-refractivity contribution in [1.82, 2.24) is 5.32 Å². The maximum absolute atomic E-state index is 12.5. The second-order valence-electron chi connectivity index (χ2n) is 4.36. The summed E-state index contributed by atoms with van der Waals surface area (Å²) in [6, 6.07) is 0. The highest BCUT2D eigenvalue weighted by Gasteiger charge is 2.42. The van der Waals surface area contributed by atoms with Crippen molar-refractivity contribution in [2.45, 2.75) is 32.9 Å². The molecule has 0 heterocycles. The number of alkyl halides is 3. The molecule has 102 valence electrons. The summed E-state index contributed by atoms with van der Waals surface area (Å²) in [6.45, 7) is 4.23. The van der Waals surface area contributed by atoms with Gasteiger partial charge in [0.05, 0.1) is 0 Å². The van der Waals surface area contributed by atoms with Crippen molar-refractivity contribution in [3.63, 3.8) is 0 Å². The Labute approximate surface area is 99.1 Å². The fraction of sp³-hybridized carbons (Fsp3) is 0.900. The molecular weight excluding hydrogens is 235 g/mol. The largest absolute Gasteiger partial charge is 0.409 e. The molecule has 0 aliphatic carbocycles. The van der Waals surface area contributed by atoms with E-state index >= 15 is 0 Å². The number of hydrogen-bond donors (Lipinski definition) is 3. The smallest absolute Gasteiger partial charge is 0.400 e. The van der Waals surface area contributed by atoms with E-state index in [1.54, 1.807) is 0 Å². The van der Waals surface area contributed by atoms with Gasteiger partial charge < -0.3 is 16.3 Å². The van der Waals surface area contributed by atoms with Gasteiger partial charge in [-0.3, -0.25) is 0 Å². The summed E-state index contributed by atoms with van der Waals surface area (Å²) < 4.78 is 37.4. The van der Waals surface area contributed by atoms with E-state index in [0.29, 0.717) is 12.5 Å². The molecule has 0 aromatic carbocycles. The van der Waals surface area contributed by atoms with Crippen LogP contribution in [0.15, 0.2) is 5.16 Å². The van der Waals surface area contributed by atoms with E-state index in [-0.39, 0.29) is 6.54 Å². The quantitative estimate of drug-likeness (QED) is 0.214. The lowest BCUT2D eigenvalue weighted by Crippen LogP contribution is -2.43. The number of hydrogen-bond acceptors (Lipinski definition) is 3. The minimum Gasteiger partial charge on any atom is -0.409 e. The molecule has 4 nitrogen and oxygen atoms in total. The van der Waals surface area contributed by atoms with Crippen LogP contribution in [-0.2, 0) is 0 Å². The van der Waals surface area contributed by atoms with Gasteiger partial charge in [-0.05, 0) is 25.3 Å². The van der Waals surface area contributed by atoms with E-state index < -0.39 is 17.9 Å². The van der Waals surface area contributed by atoms with Crippen LogP contribution in [0.1, 0.15) is 26.7 Å². The number of oxime groups is 1. The van der Waals surface area contributed by atoms with Crippen LogP contribution in [0.2, 0.25) is 0 Å². The zero-order valence-corrected chi connectivity index (χ0v) is 10.1. The van der Waals surface area contributed by atoms with Gasteiger partial charge in [-0.15, -0.1) is 0 Å². The minimum atomic E-state index is -4.50. The van der Waals surface area contributed by atoms with E-state index in [1.165, 1.54) is 0 Å². The average molecular weight is 255 g/mol. The standard InChI is InChI=1S/C10H20F3N3O/c1-7(2)4-3-5-15-6-8(9(14)16-17)10(11,12)13/h7-8,15,17H,3-6H2,1-2H3,(H2,14,16). The number of nitrogens with two attached hydrogens (primary N) is 1. The number of nitrogens with one attached hydrogen (secondary N) is 1. The number of amidine groups is 1. The normalized spacial score (nSPS) is 15.3. The Morgan fingerprint density at radius 1 is 1.41 bits per heavy atom. The summed E-state index contributed by atoms with van der Waals surface area (Å²) in [5.41, 5.74) is 5.01. The van der Waals surface area contributed by atoms with Gasteiger partial charge in [0.2, 0.25) is 0 Å². The molecular formula is C10H20F3N3O. The Bertz CT molecular complexity index is 241. The molecule has 0 aromatic heterocycles. The maximum Gasteiger partial charge on any atom is 0.400 e. The molecule has 7 heteroatoms. The van der Waals surface area contributed by atoms with E-state index in [2.05, 4.69) is 24.3 Å². The predicted molar refractivity (Wildman–Crippen MR) is 59.9 cm³/mol. The first-order valence-corrected chi connectivity index (χ1v) is 5.53. The average Bonchev–Trinajstić information content (AvgIpc) is 2.20. The van der Waals surface area contributed by atoms with Crippen LogP contribution in [0, 0.1) is 11.8 Å². The van der Waals surface area contributed by atoms with Crippen molar-refractivity contribution >= 4 is 5.84 Å². The van der Waals surface area contributed by atoms with Gasteiger partial charge in [-0.2, -0.15) is 13.2 Å². The first kappa shape index (κ1) is 16.0. The van der Waals surface area contributed by atoms with Gasteiger partial charge in [0, 0.05) is 6.54 Å². The summed E-state index contributed by atoms with van der Waals surface area (Å²) in [5, 5.41) is 13.4. The van der Waals surface area contributed by atoms with Gasteiger partial charge in [0.25, 0.3) is 0 Å². The highest BCUT2D eigenvalue weighted by atomic mass is 19.4. The summed E-state index contributed by atoms with van der Waals surface area (Å²) in [5.74, 6) is -2.22. The van der Waals surface area contributed by atoms with Crippen LogP contribution in [0.25, 0.3) is 0 Å². The number of nitrogens with zero attached hydrogens (tertiary/aromatic N) is 1. The second kappa shape index (κ2) is 7.37. The van der Waals surface area contributed by atoms with Crippen LogP contribution >= 0.6 is 0 Å². The van der Waals surface area contributed by atoms with Crippen LogP contribution in [0.5, 0.6) is 0 Å². The summed E-state index contributed by atoms with van der Waals surface area (Å²) in [7, 11) is 0. The summed E-state index contributed by atoms with van der Waals surface area (Å²) in [6.07, 6.45) is -2.74. The Morgan fingerprint density at radius 2 is 2.00 bits per heavy atom. The lowest BCUT2D eigenvalue weighted by molar-refractivity contribution is -0.154. The molecule has 0 saturated carbocycles. The molecule has 17 heavy (non-hydrogen) atoms.